The van der Waals surface area contributed by atoms with Crippen LogP contribution in [-0.4, -0.2) is 28.2 Å². The van der Waals surface area contributed by atoms with E-state index in [1.807, 2.05) is 0 Å². The van der Waals surface area contributed by atoms with Crippen LogP contribution in [0.2, 0.25) is 0 Å². The minimum Gasteiger partial charge on any atom is -0.375 e. The van der Waals surface area contributed by atoms with Crippen molar-refractivity contribution in [1.29, 1.82) is 0 Å². The van der Waals surface area contributed by atoms with E-state index in [0.717, 1.165) is 25.0 Å². The van der Waals surface area contributed by atoms with Crippen LogP contribution >= 0.6 is 0 Å². The molecular formula is C14H18FN3O. The van der Waals surface area contributed by atoms with Crippen molar-refractivity contribution in [3.05, 3.63) is 24.0 Å². The second kappa shape index (κ2) is 4.49. The third-order valence-electron chi connectivity index (χ3n) is 3.48. The third-order valence-corrected chi connectivity index (χ3v) is 3.48. The molecule has 19 heavy (non-hydrogen) atoms. The van der Waals surface area contributed by atoms with Gasteiger partial charge in [0.15, 0.2) is 0 Å². The number of nitrogens with zero attached hydrogens (tertiary/aromatic N) is 1. The lowest BCUT2D eigenvalue weighted by Gasteiger charge is -2.35. The van der Waals surface area contributed by atoms with E-state index < -0.39 is 0 Å². The number of aromatic nitrogens is 2. The van der Waals surface area contributed by atoms with Gasteiger partial charge in [0.1, 0.15) is 5.82 Å². The van der Waals surface area contributed by atoms with E-state index in [-0.39, 0.29) is 11.4 Å². The van der Waals surface area contributed by atoms with Crippen molar-refractivity contribution in [1.82, 2.24) is 9.97 Å². The number of fused-ring (bicyclic) bond motifs is 1. The summed E-state index contributed by atoms with van der Waals surface area (Å²) in [6.07, 6.45) is 1.88. The number of rotatable bonds is 2. The van der Waals surface area contributed by atoms with Crippen LogP contribution in [0.25, 0.3) is 11.0 Å². The molecule has 3 rings (SSSR count). The molecule has 1 unspecified atom stereocenters. The van der Waals surface area contributed by atoms with Crippen molar-refractivity contribution in [2.45, 2.75) is 38.3 Å². The average molecular weight is 263 g/mol. The Hall–Kier alpha value is -1.62. The summed E-state index contributed by atoms with van der Waals surface area (Å²) >= 11 is 0. The van der Waals surface area contributed by atoms with Gasteiger partial charge in [-0.2, -0.15) is 0 Å². The molecule has 0 amide bonds. The van der Waals surface area contributed by atoms with Crippen molar-refractivity contribution < 1.29 is 9.13 Å². The lowest BCUT2D eigenvalue weighted by molar-refractivity contribution is -0.0553. The SMILES string of the molecule is CC1(C)CC(Nc2nc3ccc(F)cc3[nH]2)CCO1. The molecule has 1 fully saturated rings. The quantitative estimate of drug-likeness (QED) is 0.875. The van der Waals surface area contributed by atoms with Gasteiger partial charge in [-0.05, 0) is 44.9 Å². The number of H-pyrrole nitrogens is 1. The van der Waals surface area contributed by atoms with Gasteiger partial charge in [-0.15, -0.1) is 0 Å². The average Bonchev–Trinajstić information content (AvgIpc) is 2.68. The lowest BCUT2D eigenvalue weighted by atomic mass is 9.94. The van der Waals surface area contributed by atoms with Crippen LogP contribution in [0.3, 0.4) is 0 Å². The molecule has 1 aliphatic rings. The van der Waals surface area contributed by atoms with E-state index in [1.165, 1.54) is 12.1 Å². The molecule has 102 valence electrons. The van der Waals surface area contributed by atoms with Crippen molar-refractivity contribution >= 4 is 17.0 Å². The van der Waals surface area contributed by atoms with Gasteiger partial charge in [-0.1, -0.05) is 0 Å². The van der Waals surface area contributed by atoms with Crippen LogP contribution in [0.15, 0.2) is 18.2 Å². The van der Waals surface area contributed by atoms with Crippen LogP contribution < -0.4 is 5.32 Å². The number of anilines is 1. The number of halogens is 1. The first kappa shape index (κ1) is 12.4. The van der Waals surface area contributed by atoms with Crippen molar-refractivity contribution in [2.75, 3.05) is 11.9 Å². The molecule has 2 N–H and O–H groups in total. The molecule has 0 aliphatic carbocycles. The Kier molecular flexibility index (Phi) is 2.93. The number of ether oxygens (including phenoxy) is 1. The van der Waals surface area contributed by atoms with Gasteiger partial charge in [-0.25, -0.2) is 9.37 Å². The molecule has 0 radical (unpaired) electrons. The largest absolute Gasteiger partial charge is 0.375 e. The zero-order valence-corrected chi connectivity index (χ0v) is 11.2. The normalized spacial score (nSPS) is 22.6. The molecule has 0 saturated carbocycles. The van der Waals surface area contributed by atoms with Crippen LogP contribution in [0, 0.1) is 5.82 Å². The number of nitrogens with one attached hydrogen (secondary N) is 2. The predicted octanol–water partition coefficient (Wildman–Crippen LogP) is 3.07. The number of benzene rings is 1. The van der Waals surface area contributed by atoms with Crippen LogP contribution in [-0.2, 0) is 4.74 Å². The Labute approximate surface area is 111 Å². The zero-order chi connectivity index (χ0) is 13.5. The monoisotopic (exact) mass is 263 g/mol. The Morgan fingerprint density at radius 2 is 2.32 bits per heavy atom. The second-order valence-corrected chi connectivity index (χ2v) is 5.69. The number of imidazole rings is 1. The molecular weight excluding hydrogens is 245 g/mol. The van der Waals surface area contributed by atoms with Crippen LogP contribution in [0.5, 0.6) is 0 Å². The van der Waals surface area contributed by atoms with E-state index in [2.05, 4.69) is 29.1 Å². The van der Waals surface area contributed by atoms with Crippen LogP contribution in [0.1, 0.15) is 26.7 Å². The van der Waals surface area contributed by atoms with Crippen LogP contribution in [0.4, 0.5) is 10.3 Å². The molecule has 2 aromatic rings. The smallest absolute Gasteiger partial charge is 0.201 e. The highest BCUT2D eigenvalue weighted by Crippen LogP contribution is 2.26. The predicted molar refractivity (Wildman–Crippen MR) is 72.7 cm³/mol. The number of hydrogen-bond donors (Lipinski definition) is 2. The van der Waals surface area contributed by atoms with Crippen molar-refractivity contribution in [3.8, 4) is 0 Å². The first-order valence-electron chi connectivity index (χ1n) is 6.58. The standard InChI is InChI=1S/C14H18FN3O/c1-14(2)8-10(5-6-19-14)16-13-17-11-4-3-9(15)7-12(11)18-13/h3-4,7,10H,5-6,8H2,1-2H3,(H2,16,17,18). The minimum absolute atomic E-state index is 0.103. The summed E-state index contributed by atoms with van der Waals surface area (Å²) in [5.41, 5.74) is 1.39. The van der Waals surface area contributed by atoms with Gasteiger partial charge in [0, 0.05) is 12.6 Å². The van der Waals surface area contributed by atoms with Gasteiger partial charge in [0.2, 0.25) is 5.95 Å². The Morgan fingerprint density at radius 1 is 1.47 bits per heavy atom. The fourth-order valence-electron chi connectivity index (χ4n) is 2.60. The first-order valence-corrected chi connectivity index (χ1v) is 6.58. The van der Waals surface area contributed by atoms with E-state index in [9.17, 15) is 4.39 Å². The maximum Gasteiger partial charge on any atom is 0.201 e. The number of aromatic amines is 1. The maximum absolute atomic E-state index is 13.1. The van der Waals surface area contributed by atoms with E-state index >= 15 is 0 Å². The molecule has 1 saturated heterocycles. The van der Waals surface area contributed by atoms with Gasteiger partial charge in [0.05, 0.1) is 16.6 Å². The molecule has 0 spiro atoms. The summed E-state index contributed by atoms with van der Waals surface area (Å²) in [7, 11) is 0. The molecule has 4 nitrogen and oxygen atoms in total. The van der Waals surface area contributed by atoms with E-state index in [1.54, 1.807) is 6.07 Å². The molecule has 1 aliphatic heterocycles. The summed E-state index contributed by atoms with van der Waals surface area (Å²) in [6, 6.07) is 4.89. The fourth-order valence-corrected chi connectivity index (χ4v) is 2.60. The summed E-state index contributed by atoms with van der Waals surface area (Å²) in [5.74, 6) is 0.443. The number of hydrogen-bond acceptors (Lipinski definition) is 3. The molecule has 0 bridgehead atoms. The van der Waals surface area contributed by atoms with Gasteiger partial charge in [-0.3, -0.25) is 0 Å². The Morgan fingerprint density at radius 3 is 3.11 bits per heavy atom. The highest BCUT2D eigenvalue weighted by molar-refractivity contribution is 5.77. The van der Waals surface area contributed by atoms with Crippen molar-refractivity contribution in [3.63, 3.8) is 0 Å². The molecule has 1 aromatic heterocycles. The summed E-state index contributed by atoms with van der Waals surface area (Å²) in [6.45, 7) is 4.93. The molecule has 1 aromatic carbocycles. The third kappa shape index (κ3) is 2.71. The van der Waals surface area contributed by atoms with Gasteiger partial charge in [0.25, 0.3) is 0 Å². The Bertz CT molecular complexity index is 593. The van der Waals surface area contributed by atoms with Crippen molar-refractivity contribution in [2.24, 2.45) is 0 Å². The maximum atomic E-state index is 13.1. The molecule has 2 heterocycles. The second-order valence-electron chi connectivity index (χ2n) is 5.69. The van der Waals surface area contributed by atoms with E-state index in [0.29, 0.717) is 17.5 Å². The zero-order valence-electron chi connectivity index (χ0n) is 11.2. The Balaban J connectivity index is 1.77. The molecule has 1 atom stereocenters. The summed E-state index contributed by atoms with van der Waals surface area (Å²) < 4.78 is 18.8. The summed E-state index contributed by atoms with van der Waals surface area (Å²) in [5, 5.41) is 3.38. The first-order chi connectivity index (χ1) is 9.02. The van der Waals surface area contributed by atoms with E-state index in [4.69, 9.17) is 4.74 Å². The topological polar surface area (TPSA) is 49.9 Å². The fraction of sp³-hybridized carbons (Fsp3) is 0.500. The highest BCUT2D eigenvalue weighted by atomic mass is 19.1. The lowest BCUT2D eigenvalue weighted by Crippen LogP contribution is -2.40. The van der Waals surface area contributed by atoms with Gasteiger partial charge >= 0.3 is 0 Å². The van der Waals surface area contributed by atoms with Gasteiger partial charge < -0.3 is 15.0 Å². The highest BCUT2D eigenvalue weighted by Gasteiger charge is 2.29. The minimum atomic E-state index is -0.255. The molecule has 5 heteroatoms. The summed E-state index contributed by atoms with van der Waals surface area (Å²) in [4.78, 5) is 7.53.